The third kappa shape index (κ3) is 2.80. The highest BCUT2D eigenvalue weighted by Gasteiger charge is 2.83. The Balaban J connectivity index is 0.00000124. The van der Waals surface area contributed by atoms with Gasteiger partial charge in [-0.2, -0.15) is 0 Å². The molecule has 2 saturated carbocycles. The molecule has 0 unspecified atom stereocenters. The molecule has 0 bridgehead atoms. The Labute approximate surface area is 182 Å². The van der Waals surface area contributed by atoms with E-state index in [1.165, 1.54) is 0 Å². The third-order valence-corrected chi connectivity index (χ3v) is 7.82. The van der Waals surface area contributed by atoms with Gasteiger partial charge in [-0.3, -0.25) is 4.79 Å². The highest BCUT2D eigenvalue weighted by molar-refractivity contribution is 7.96. The first-order valence-corrected chi connectivity index (χ1v) is 10.9. The van der Waals surface area contributed by atoms with Crippen LogP contribution < -0.4 is 0 Å². The van der Waals surface area contributed by atoms with Gasteiger partial charge < -0.3 is 25.2 Å². The van der Waals surface area contributed by atoms with Gasteiger partial charge in [0.25, 0.3) is 0 Å². The number of aliphatic hydroxyl groups excluding tert-OH is 1. The van der Waals surface area contributed by atoms with Gasteiger partial charge in [0.15, 0.2) is 5.78 Å². The number of Topliss-reactive ketones (excluding diaryl/α,β-unsaturated/α-hetero) is 1. The molecule has 0 aliphatic heterocycles. The van der Waals surface area contributed by atoms with E-state index in [1.54, 1.807) is 19.1 Å². The molecule has 4 rings (SSSR count). The fraction of sp³-hybridized carbons (Fsp3) is 0.727. The second-order valence-electron chi connectivity index (χ2n) is 9.36. The number of carbonyl (C=O) groups is 2. The lowest BCUT2D eigenvalue weighted by molar-refractivity contribution is -0.178. The lowest BCUT2D eigenvalue weighted by atomic mass is 9.63. The number of aliphatic hydroxyl groups is 4. The molecule has 8 heteroatoms. The SMILES string of the molecule is CC.CC1=C[C@H]2[C@@]3(O)C[C@@H](OC(=O)S)[C@]4(O)[C@H]([C@@H]3C=C(CO)C[C@]2(O)C1=O)C4(C)C. The predicted molar refractivity (Wildman–Crippen MR) is 113 cm³/mol. The number of thiol groups is 1. The quantitative estimate of drug-likeness (QED) is 0.252. The van der Waals surface area contributed by atoms with Crippen LogP contribution >= 0.6 is 12.6 Å². The van der Waals surface area contributed by atoms with E-state index in [9.17, 15) is 30.0 Å². The summed E-state index contributed by atoms with van der Waals surface area (Å²) in [6, 6.07) is 0. The van der Waals surface area contributed by atoms with E-state index in [-0.39, 0.29) is 19.4 Å². The van der Waals surface area contributed by atoms with E-state index < -0.39 is 57.2 Å². The molecular weight excluding hydrogens is 408 g/mol. The van der Waals surface area contributed by atoms with Crippen molar-refractivity contribution in [2.45, 2.75) is 70.4 Å². The minimum atomic E-state index is -1.88. The van der Waals surface area contributed by atoms with Crippen molar-refractivity contribution in [1.82, 2.24) is 0 Å². The van der Waals surface area contributed by atoms with Crippen molar-refractivity contribution >= 4 is 23.7 Å². The van der Waals surface area contributed by atoms with Crippen molar-refractivity contribution in [3.63, 3.8) is 0 Å². The summed E-state index contributed by atoms with van der Waals surface area (Å²) in [5.74, 6) is -2.53. The number of hydrogen-bond acceptors (Lipinski definition) is 7. The fourth-order valence-electron chi connectivity index (χ4n) is 6.32. The summed E-state index contributed by atoms with van der Waals surface area (Å²) in [7, 11) is 0. The molecule has 0 aromatic heterocycles. The smallest absolute Gasteiger partial charge is 0.364 e. The first-order valence-electron chi connectivity index (χ1n) is 10.4. The van der Waals surface area contributed by atoms with Crippen LogP contribution in [0.5, 0.6) is 0 Å². The van der Waals surface area contributed by atoms with Gasteiger partial charge in [0.05, 0.1) is 12.2 Å². The molecule has 0 heterocycles. The van der Waals surface area contributed by atoms with Crippen molar-refractivity contribution < 1.29 is 34.8 Å². The molecule has 2 fully saturated rings. The zero-order chi connectivity index (χ0) is 22.9. The molecule has 4 aliphatic rings. The molecule has 4 aliphatic carbocycles. The summed E-state index contributed by atoms with van der Waals surface area (Å²) < 4.78 is 5.28. The second kappa shape index (κ2) is 7.17. The molecule has 0 amide bonds. The number of ether oxygens (including phenoxy) is 1. The van der Waals surface area contributed by atoms with Crippen LogP contribution in [-0.4, -0.2) is 61.0 Å². The standard InChI is InChI=1S/C20H26O7S.C2H6/c1-9-4-12-18(24)7-13(27-16(23)28)20(26)14(17(20,2)3)11(18)5-10(8-21)6-19(12,25)15(9)22;1-2/h4-5,11-14,21,24-26H,6-8H2,1-3H3,(H,23,28);1-2H3/t11-,12-,13+,14+,18+,19+,20-;/m0./s1. The normalized spacial score (nSPS) is 45.5. The molecule has 0 aromatic carbocycles. The Morgan fingerprint density at radius 3 is 2.37 bits per heavy atom. The third-order valence-electron chi connectivity index (χ3n) is 7.72. The van der Waals surface area contributed by atoms with E-state index in [0.717, 1.165) is 0 Å². The maximum Gasteiger partial charge on any atom is 0.364 e. The molecule has 0 saturated heterocycles. The Morgan fingerprint density at radius 1 is 1.23 bits per heavy atom. The minimum absolute atomic E-state index is 0.0950. The van der Waals surface area contributed by atoms with Gasteiger partial charge in [0, 0.05) is 36.0 Å². The van der Waals surface area contributed by atoms with E-state index in [0.29, 0.717) is 11.1 Å². The molecule has 7 atom stereocenters. The molecule has 30 heavy (non-hydrogen) atoms. The number of fused-ring (bicyclic) bond motifs is 5. The van der Waals surface area contributed by atoms with Crippen LogP contribution in [0.3, 0.4) is 0 Å². The Hall–Kier alpha value is -1.19. The summed E-state index contributed by atoms with van der Waals surface area (Å²) in [6.45, 7) is 8.87. The largest absolute Gasteiger partial charge is 0.451 e. The van der Waals surface area contributed by atoms with Gasteiger partial charge >= 0.3 is 5.30 Å². The second-order valence-corrected chi connectivity index (χ2v) is 9.72. The van der Waals surface area contributed by atoms with Crippen LogP contribution in [0.2, 0.25) is 0 Å². The number of carbonyl (C=O) groups excluding carboxylic acids is 2. The zero-order valence-corrected chi connectivity index (χ0v) is 18.9. The molecule has 7 nitrogen and oxygen atoms in total. The molecular formula is C22H32O7S. The van der Waals surface area contributed by atoms with Gasteiger partial charge in [0.2, 0.25) is 0 Å². The van der Waals surface area contributed by atoms with E-state index in [4.69, 9.17) is 4.74 Å². The van der Waals surface area contributed by atoms with Crippen molar-refractivity contribution in [2.75, 3.05) is 6.61 Å². The van der Waals surface area contributed by atoms with Crippen LogP contribution in [0.25, 0.3) is 0 Å². The summed E-state index contributed by atoms with van der Waals surface area (Å²) in [6.07, 6.45) is 1.98. The molecule has 0 aromatic rings. The van der Waals surface area contributed by atoms with Gasteiger partial charge in [-0.1, -0.05) is 52.5 Å². The molecule has 168 valence electrons. The summed E-state index contributed by atoms with van der Waals surface area (Å²) in [4.78, 5) is 24.3. The topological polar surface area (TPSA) is 124 Å². The van der Waals surface area contributed by atoms with E-state index >= 15 is 0 Å². The minimum Gasteiger partial charge on any atom is -0.451 e. The number of hydrogen-bond donors (Lipinski definition) is 5. The predicted octanol–water partition coefficient (Wildman–Crippen LogP) is 1.78. The van der Waals surface area contributed by atoms with Gasteiger partial charge in [-0.15, -0.1) is 0 Å². The van der Waals surface area contributed by atoms with Crippen LogP contribution in [0, 0.1) is 23.2 Å². The van der Waals surface area contributed by atoms with E-state index in [2.05, 4.69) is 12.6 Å². The molecule has 4 N–H and O–H groups in total. The average Bonchev–Trinajstić information content (AvgIpc) is 3.07. The fourth-order valence-corrected chi connectivity index (χ4v) is 6.45. The Morgan fingerprint density at radius 2 is 1.83 bits per heavy atom. The summed E-state index contributed by atoms with van der Waals surface area (Å²) in [5.41, 5.74) is -4.79. The number of rotatable bonds is 2. The van der Waals surface area contributed by atoms with Crippen LogP contribution in [-0.2, 0) is 9.53 Å². The van der Waals surface area contributed by atoms with Crippen molar-refractivity contribution in [3.05, 3.63) is 23.3 Å². The van der Waals surface area contributed by atoms with Crippen LogP contribution in [0.15, 0.2) is 23.3 Å². The van der Waals surface area contributed by atoms with Gasteiger partial charge in [0.1, 0.15) is 17.3 Å². The molecule has 0 spiro atoms. The molecule has 0 radical (unpaired) electrons. The average molecular weight is 441 g/mol. The number of ketones is 1. The lowest BCUT2D eigenvalue weighted by Crippen LogP contribution is -2.60. The van der Waals surface area contributed by atoms with Crippen molar-refractivity contribution in [1.29, 1.82) is 0 Å². The van der Waals surface area contributed by atoms with Crippen molar-refractivity contribution in [2.24, 2.45) is 23.2 Å². The van der Waals surface area contributed by atoms with Crippen molar-refractivity contribution in [3.8, 4) is 0 Å². The lowest BCUT2D eigenvalue weighted by Gasteiger charge is -2.48. The highest BCUT2D eigenvalue weighted by atomic mass is 32.1. The summed E-state index contributed by atoms with van der Waals surface area (Å²) >= 11 is 3.66. The highest BCUT2D eigenvalue weighted by Crippen LogP contribution is 2.74. The first kappa shape index (κ1) is 23.5. The summed E-state index contributed by atoms with van der Waals surface area (Å²) in [5, 5.41) is 43.5. The van der Waals surface area contributed by atoms with Gasteiger partial charge in [-0.25, -0.2) is 4.79 Å². The first-order chi connectivity index (χ1) is 13.8. The monoisotopic (exact) mass is 440 g/mol. The van der Waals surface area contributed by atoms with Crippen LogP contribution in [0.1, 0.15) is 47.5 Å². The zero-order valence-electron chi connectivity index (χ0n) is 18.0. The maximum absolute atomic E-state index is 12.7. The van der Waals surface area contributed by atoms with E-state index in [1.807, 2.05) is 27.7 Å². The van der Waals surface area contributed by atoms with Crippen LogP contribution in [0.4, 0.5) is 4.79 Å². The maximum atomic E-state index is 12.7. The Kier molecular flexibility index (Phi) is 5.61. The van der Waals surface area contributed by atoms with Gasteiger partial charge in [-0.05, 0) is 18.1 Å². The Bertz CT molecular complexity index is 833.